The van der Waals surface area contributed by atoms with Gasteiger partial charge in [0.25, 0.3) is 0 Å². The Bertz CT molecular complexity index is 297. The zero-order valence-electron chi connectivity index (χ0n) is 7.89. The Hall–Kier alpha value is -0.830. The lowest BCUT2D eigenvalue weighted by atomic mass is 10.2. The highest BCUT2D eigenvalue weighted by atomic mass is 15.3. The fourth-order valence-electron chi connectivity index (χ4n) is 1.82. The predicted molar refractivity (Wildman–Crippen MR) is 47.9 cm³/mol. The molecule has 1 aromatic rings. The van der Waals surface area contributed by atoms with E-state index in [4.69, 9.17) is 0 Å². The fraction of sp³-hybridized carbons (Fsp3) is 0.667. The lowest BCUT2D eigenvalue weighted by molar-refractivity contribution is 0.526. The second-order valence-electron chi connectivity index (χ2n) is 3.63. The molecule has 0 spiro atoms. The monoisotopic (exact) mass is 165 g/mol. The van der Waals surface area contributed by atoms with E-state index in [1.807, 2.05) is 25.7 Å². The Morgan fingerprint density at radius 1 is 1.58 bits per heavy atom. The molecule has 0 unspecified atom stereocenters. The van der Waals surface area contributed by atoms with E-state index >= 15 is 0 Å². The van der Waals surface area contributed by atoms with Gasteiger partial charge in [-0.3, -0.25) is 4.68 Å². The average molecular weight is 165 g/mol. The largest absolute Gasteiger partial charge is 0.309 e. The van der Waals surface area contributed by atoms with Crippen LogP contribution in [0, 0.1) is 6.92 Å². The van der Waals surface area contributed by atoms with Crippen molar-refractivity contribution in [3.05, 3.63) is 17.5 Å². The van der Waals surface area contributed by atoms with Crippen LogP contribution in [0.4, 0.5) is 0 Å². The summed E-state index contributed by atoms with van der Waals surface area (Å²) in [4.78, 5) is 0. The van der Waals surface area contributed by atoms with E-state index in [0.717, 1.165) is 5.69 Å². The fourth-order valence-corrected chi connectivity index (χ4v) is 1.82. The molecule has 1 saturated carbocycles. The van der Waals surface area contributed by atoms with Gasteiger partial charge in [-0.15, -0.1) is 0 Å². The molecule has 1 aromatic heterocycles. The molecule has 66 valence electrons. The van der Waals surface area contributed by atoms with E-state index in [1.54, 1.807) is 0 Å². The van der Waals surface area contributed by atoms with E-state index < -0.39 is 0 Å². The highest BCUT2D eigenvalue weighted by Gasteiger charge is 2.45. The summed E-state index contributed by atoms with van der Waals surface area (Å²) < 4.78 is 1.98. The van der Waals surface area contributed by atoms with Crippen LogP contribution in [-0.4, -0.2) is 16.8 Å². The van der Waals surface area contributed by atoms with Gasteiger partial charge < -0.3 is 5.32 Å². The van der Waals surface area contributed by atoms with Crippen molar-refractivity contribution in [2.45, 2.75) is 25.3 Å². The maximum Gasteiger partial charge on any atom is 0.0604 e. The molecule has 2 rings (SSSR count). The van der Waals surface area contributed by atoms with Crippen LogP contribution in [-0.2, 0) is 12.6 Å². The maximum atomic E-state index is 4.34. The molecule has 0 saturated heterocycles. The van der Waals surface area contributed by atoms with Crippen LogP contribution in [0.25, 0.3) is 0 Å². The van der Waals surface area contributed by atoms with Crippen molar-refractivity contribution in [1.29, 1.82) is 0 Å². The minimum absolute atomic E-state index is 0.246. The smallest absolute Gasteiger partial charge is 0.0604 e. The number of nitrogens with zero attached hydrogens (tertiary/aromatic N) is 2. The first-order valence-electron chi connectivity index (χ1n) is 4.38. The van der Waals surface area contributed by atoms with Crippen molar-refractivity contribution in [2.75, 3.05) is 7.05 Å². The normalized spacial score (nSPS) is 19.6. The topological polar surface area (TPSA) is 29.9 Å². The number of aromatic nitrogens is 2. The predicted octanol–water partition coefficient (Wildman–Crippen LogP) is 0.937. The van der Waals surface area contributed by atoms with E-state index in [9.17, 15) is 0 Å². The second-order valence-corrected chi connectivity index (χ2v) is 3.63. The average Bonchev–Trinajstić information content (AvgIpc) is 2.74. The van der Waals surface area contributed by atoms with Crippen LogP contribution in [0.2, 0.25) is 0 Å². The third-order valence-corrected chi connectivity index (χ3v) is 2.72. The zero-order chi connectivity index (χ0) is 8.77. The molecule has 0 bridgehead atoms. The van der Waals surface area contributed by atoms with Crippen LogP contribution in [0.3, 0.4) is 0 Å². The minimum Gasteiger partial charge on any atom is -0.309 e. The van der Waals surface area contributed by atoms with Gasteiger partial charge in [-0.25, -0.2) is 0 Å². The van der Waals surface area contributed by atoms with Crippen molar-refractivity contribution < 1.29 is 0 Å². The van der Waals surface area contributed by atoms with Crippen LogP contribution in [0.5, 0.6) is 0 Å². The first-order valence-corrected chi connectivity index (χ1v) is 4.38. The first-order chi connectivity index (χ1) is 5.68. The molecule has 1 heterocycles. The van der Waals surface area contributed by atoms with Crippen molar-refractivity contribution in [3.63, 3.8) is 0 Å². The summed E-state index contributed by atoms with van der Waals surface area (Å²) in [5, 5.41) is 7.70. The van der Waals surface area contributed by atoms with Crippen molar-refractivity contribution in [1.82, 2.24) is 15.1 Å². The van der Waals surface area contributed by atoms with Gasteiger partial charge in [0.1, 0.15) is 0 Å². The number of aryl methyl sites for hydroxylation is 2. The molecule has 3 heteroatoms. The van der Waals surface area contributed by atoms with Gasteiger partial charge in [0.2, 0.25) is 0 Å². The van der Waals surface area contributed by atoms with Gasteiger partial charge in [0.15, 0.2) is 0 Å². The molecule has 0 aliphatic heterocycles. The Labute approximate surface area is 72.8 Å². The van der Waals surface area contributed by atoms with Gasteiger partial charge >= 0.3 is 0 Å². The molecule has 12 heavy (non-hydrogen) atoms. The summed E-state index contributed by atoms with van der Waals surface area (Å²) in [6.07, 6.45) is 2.48. The van der Waals surface area contributed by atoms with Crippen molar-refractivity contribution in [2.24, 2.45) is 7.05 Å². The maximum absolute atomic E-state index is 4.34. The molecule has 1 aliphatic carbocycles. The first kappa shape index (κ1) is 7.80. The highest BCUT2D eigenvalue weighted by Crippen LogP contribution is 2.44. The van der Waals surface area contributed by atoms with E-state index in [-0.39, 0.29) is 5.54 Å². The van der Waals surface area contributed by atoms with E-state index in [2.05, 4.69) is 16.5 Å². The summed E-state index contributed by atoms with van der Waals surface area (Å²) in [6.45, 7) is 2.04. The van der Waals surface area contributed by atoms with Crippen molar-refractivity contribution >= 4 is 0 Å². The lowest BCUT2D eigenvalue weighted by Crippen LogP contribution is -2.27. The molecule has 0 atom stereocenters. The molecule has 1 N–H and O–H groups in total. The van der Waals surface area contributed by atoms with Gasteiger partial charge in [-0.2, -0.15) is 5.10 Å². The molecular weight excluding hydrogens is 150 g/mol. The van der Waals surface area contributed by atoms with Crippen molar-refractivity contribution in [3.8, 4) is 0 Å². The molecular formula is C9H15N3. The molecule has 3 nitrogen and oxygen atoms in total. The van der Waals surface area contributed by atoms with Crippen LogP contribution >= 0.6 is 0 Å². The third kappa shape index (κ3) is 0.966. The Morgan fingerprint density at radius 3 is 2.58 bits per heavy atom. The number of hydrogen-bond acceptors (Lipinski definition) is 2. The lowest BCUT2D eigenvalue weighted by Gasteiger charge is -2.13. The van der Waals surface area contributed by atoms with E-state index in [0.29, 0.717) is 0 Å². The molecule has 1 aliphatic rings. The van der Waals surface area contributed by atoms with Gasteiger partial charge in [-0.05, 0) is 32.9 Å². The molecule has 1 fully saturated rings. The summed E-state index contributed by atoms with van der Waals surface area (Å²) in [5.74, 6) is 0. The summed E-state index contributed by atoms with van der Waals surface area (Å²) in [6, 6.07) is 2.17. The Morgan fingerprint density at radius 2 is 2.25 bits per heavy atom. The number of rotatable bonds is 2. The van der Waals surface area contributed by atoms with Crippen LogP contribution in [0.1, 0.15) is 24.2 Å². The quantitative estimate of drug-likeness (QED) is 0.706. The van der Waals surface area contributed by atoms with Crippen LogP contribution in [0.15, 0.2) is 6.07 Å². The summed E-state index contributed by atoms with van der Waals surface area (Å²) in [7, 11) is 4.04. The SMILES string of the molecule is CNC1(c2cc(C)nn2C)CC1. The number of hydrogen-bond donors (Lipinski definition) is 1. The van der Waals surface area contributed by atoms with E-state index in [1.165, 1.54) is 18.5 Å². The highest BCUT2D eigenvalue weighted by molar-refractivity contribution is 5.25. The summed E-state index contributed by atoms with van der Waals surface area (Å²) in [5.41, 5.74) is 2.67. The molecule has 0 radical (unpaired) electrons. The number of nitrogens with one attached hydrogen (secondary N) is 1. The molecule has 0 amide bonds. The Kier molecular flexibility index (Phi) is 1.51. The summed E-state index contributed by atoms with van der Waals surface area (Å²) >= 11 is 0. The van der Waals surface area contributed by atoms with Gasteiger partial charge in [0, 0.05) is 7.05 Å². The standard InChI is InChI=1S/C9H15N3/c1-7-6-8(12(3)11-7)9(10-2)4-5-9/h6,10H,4-5H2,1-3H3. The minimum atomic E-state index is 0.246. The molecule has 0 aromatic carbocycles. The third-order valence-electron chi connectivity index (χ3n) is 2.72. The van der Waals surface area contributed by atoms with Gasteiger partial charge in [0.05, 0.1) is 16.9 Å². The Balaban J connectivity index is 2.39. The zero-order valence-corrected chi connectivity index (χ0v) is 7.89. The van der Waals surface area contributed by atoms with Gasteiger partial charge in [-0.1, -0.05) is 0 Å². The van der Waals surface area contributed by atoms with Crippen LogP contribution < -0.4 is 5.32 Å². The second kappa shape index (κ2) is 2.33.